The molecular weight excluding hydrogens is 531 g/mol. The van der Waals surface area contributed by atoms with Crippen LogP contribution in [0.5, 0.6) is 0 Å². The molecule has 0 atom stereocenters. The molecule has 1 aliphatic carbocycles. The predicted octanol–water partition coefficient (Wildman–Crippen LogP) is 4.44. The Kier molecular flexibility index (Phi) is 8.67. The minimum Gasteiger partial charge on any atom is -0.326 e. The molecule has 212 valence electrons. The Morgan fingerprint density at radius 1 is 0.951 bits per heavy atom. The largest absolute Gasteiger partial charge is 0.416 e. The number of hydrogen-bond donors (Lipinski definition) is 3. The molecule has 3 aromatic rings. The van der Waals surface area contributed by atoms with Gasteiger partial charge in [0, 0.05) is 61.7 Å². The molecule has 7 nitrogen and oxygen atoms in total. The molecule has 1 saturated heterocycles. The van der Waals surface area contributed by atoms with Crippen LogP contribution in [0.3, 0.4) is 0 Å². The van der Waals surface area contributed by atoms with Crippen molar-refractivity contribution in [2.24, 2.45) is 5.92 Å². The Labute approximate surface area is 236 Å². The highest BCUT2D eigenvalue weighted by Gasteiger charge is 2.34. The van der Waals surface area contributed by atoms with Crippen LogP contribution in [0.25, 0.3) is 0 Å². The van der Waals surface area contributed by atoms with Gasteiger partial charge in [0.15, 0.2) is 0 Å². The molecule has 3 N–H and O–H groups in total. The number of carbonyl (C=O) groups is 2. The number of anilines is 2. The summed E-state index contributed by atoms with van der Waals surface area (Å²) in [6.07, 6.45) is -1.07. The van der Waals surface area contributed by atoms with Gasteiger partial charge in [0.05, 0.1) is 12.0 Å². The van der Waals surface area contributed by atoms with Gasteiger partial charge < -0.3 is 16.0 Å². The Balaban J connectivity index is 1.16. The molecule has 10 heteroatoms. The highest BCUT2D eigenvalue weighted by molar-refractivity contribution is 5.93. The van der Waals surface area contributed by atoms with Crippen molar-refractivity contribution in [2.45, 2.75) is 32.0 Å². The zero-order valence-electron chi connectivity index (χ0n) is 22.4. The van der Waals surface area contributed by atoms with E-state index in [4.69, 9.17) is 0 Å². The third kappa shape index (κ3) is 8.16. The van der Waals surface area contributed by atoms with E-state index in [9.17, 15) is 22.8 Å². The lowest BCUT2D eigenvalue weighted by Gasteiger charge is -2.28. The summed E-state index contributed by atoms with van der Waals surface area (Å²) in [5, 5.41) is 8.57. The van der Waals surface area contributed by atoms with Crippen LogP contribution in [0.4, 0.5) is 24.7 Å². The number of nitrogens with zero attached hydrogens (tertiary/aromatic N) is 2. The van der Waals surface area contributed by atoms with Gasteiger partial charge in [-0.3, -0.25) is 14.5 Å². The smallest absolute Gasteiger partial charge is 0.326 e. The van der Waals surface area contributed by atoms with Gasteiger partial charge in [0.1, 0.15) is 5.82 Å². The van der Waals surface area contributed by atoms with Gasteiger partial charge in [0.2, 0.25) is 11.8 Å². The van der Waals surface area contributed by atoms with Gasteiger partial charge in [-0.25, -0.2) is 4.98 Å². The van der Waals surface area contributed by atoms with E-state index >= 15 is 0 Å². The molecule has 0 spiro atoms. The van der Waals surface area contributed by atoms with E-state index in [2.05, 4.69) is 32.8 Å². The monoisotopic (exact) mass is 561 g/mol. The second-order valence-corrected chi connectivity index (χ2v) is 10.3. The number of pyridine rings is 1. The summed E-state index contributed by atoms with van der Waals surface area (Å²) in [6, 6.07) is 14.5. The van der Waals surface area contributed by atoms with Crippen molar-refractivity contribution >= 4 is 23.3 Å². The van der Waals surface area contributed by atoms with E-state index in [0.717, 1.165) is 37.6 Å². The second kappa shape index (κ2) is 12.5. The minimum absolute atomic E-state index is 0.00424. The number of alkyl halides is 3. The normalized spacial score (nSPS) is 15.5. The average molecular weight is 562 g/mol. The molecule has 0 unspecified atom stereocenters. The molecule has 5 rings (SSSR count). The summed E-state index contributed by atoms with van der Waals surface area (Å²) in [4.78, 5) is 30.6. The van der Waals surface area contributed by atoms with Crippen LogP contribution >= 0.6 is 0 Å². The number of carbonyl (C=O) groups excluding carboxylic acids is 2. The Morgan fingerprint density at radius 2 is 1.66 bits per heavy atom. The molecule has 1 saturated carbocycles. The highest BCUT2D eigenvalue weighted by Crippen LogP contribution is 2.34. The highest BCUT2D eigenvalue weighted by atomic mass is 19.4. The first-order chi connectivity index (χ1) is 19.7. The van der Waals surface area contributed by atoms with Crippen molar-refractivity contribution in [1.82, 2.24) is 15.2 Å². The van der Waals surface area contributed by atoms with Crippen molar-refractivity contribution < 1.29 is 22.8 Å². The van der Waals surface area contributed by atoms with Gasteiger partial charge in [-0.15, -0.1) is 0 Å². The molecule has 2 aliphatic rings. The molecule has 2 fully saturated rings. The Hall–Kier alpha value is -4.20. The van der Waals surface area contributed by atoms with Crippen LogP contribution in [-0.4, -0.2) is 47.9 Å². The van der Waals surface area contributed by atoms with E-state index in [0.29, 0.717) is 30.0 Å². The zero-order chi connectivity index (χ0) is 28.8. The summed E-state index contributed by atoms with van der Waals surface area (Å²) in [5.74, 6) is 6.23. The maximum Gasteiger partial charge on any atom is 0.416 e. The lowest BCUT2D eigenvalue weighted by Crippen LogP contribution is -2.43. The van der Waals surface area contributed by atoms with E-state index in [1.807, 2.05) is 4.90 Å². The van der Waals surface area contributed by atoms with Gasteiger partial charge in [-0.2, -0.15) is 13.2 Å². The predicted molar refractivity (Wildman–Crippen MR) is 150 cm³/mol. The fourth-order valence-corrected chi connectivity index (χ4v) is 4.52. The molecule has 1 aromatic heterocycles. The van der Waals surface area contributed by atoms with E-state index in [1.54, 1.807) is 42.6 Å². The summed E-state index contributed by atoms with van der Waals surface area (Å²) in [6.45, 7) is 3.07. The van der Waals surface area contributed by atoms with Crippen LogP contribution in [-0.2, 0) is 28.7 Å². The number of amides is 2. The number of aromatic nitrogens is 1. The summed E-state index contributed by atoms with van der Waals surface area (Å²) in [7, 11) is 0. The van der Waals surface area contributed by atoms with Crippen molar-refractivity contribution in [1.29, 1.82) is 0 Å². The minimum atomic E-state index is -4.52. The van der Waals surface area contributed by atoms with Gasteiger partial charge in [-0.1, -0.05) is 30.0 Å². The van der Waals surface area contributed by atoms with Gasteiger partial charge in [-0.05, 0) is 60.4 Å². The van der Waals surface area contributed by atoms with Crippen molar-refractivity contribution in [2.75, 3.05) is 36.8 Å². The number of nitrogens with one attached hydrogen (secondary N) is 3. The van der Waals surface area contributed by atoms with E-state index in [-0.39, 0.29) is 36.0 Å². The Morgan fingerprint density at radius 3 is 2.32 bits per heavy atom. The Bertz CT molecular complexity index is 1450. The first-order valence-corrected chi connectivity index (χ1v) is 13.5. The molecule has 41 heavy (non-hydrogen) atoms. The molecule has 2 heterocycles. The summed E-state index contributed by atoms with van der Waals surface area (Å²) in [5.41, 5.74) is 1.70. The van der Waals surface area contributed by atoms with Crippen LogP contribution in [0.2, 0.25) is 0 Å². The quantitative estimate of drug-likeness (QED) is 0.372. The number of halogens is 3. The fraction of sp³-hybridized carbons (Fsp3) is 0.323. The van der Waals surface area contributed by atoms with E-state index in [1.165, 1.54) is 12.1 Å². The molecule has 0 bridgehead atoms. The van der Waals surface area contributed by atoms with Crippen LogP contribution in [0, 0.1) is 17.8 Å². The topological polar surface area (TPSA) is 86.4 Å². The summed E-state index contributed by atoms with van der Waals surface area (Å²) >= 11 is 0. The number of hydrogen-bond acceptors (Lipinski definition) is 5. The maximum atomic E-state index is 13.8. The molecule has 0 radical (unpaired) electrons. The zero-order valence-corrected chi connectivity index (χ0v) is 22.4. The first-order valence-electron chi connectivity index (χ1n) is 13.5. The van der Waals surface area contributed by atoms with Crippen molar-refractivity contribution in [3.63, 3.8) is 0 Å². The van der Waals surface area contributed by atoms with Gasteiger partial charge >= 0.3 is 6.18 Å². The van der Waals surface area contributed by atoms with Crippen molar-refractivity contribution in [3.8, 4) is 11.8 Å². The third-order valence-corrected chi connectivity index (χ3v) is 6.94. The van der Waals surface area contributed by atoms with Crippen LogP contribution in [0.1, 0.15) is 40.7 Å². The number of rotatable bonds is 7. The second-order valence-electron chi connectivity index (χ2n) is 10.3. The lowest BCUT2D eigenvalue weighted by molar-refractivity contribution is -0.138. The molecule has 2 amide bonds. The van der Waals surface area contributed by atoms with E-state index < -0.39 is 17.6 Å². The molecular formula is C31H30F3N5O2. The number of benzene rings is 2. The van der Waals surface area contributed by atoms with Crippen LogP contribution in [0.15, 0.2) is 60.8 Å². The third-order valence-electron chi connectivity index (χ3n) is 6.94. The average Bonchev–Trinajstić information content (AvgIpc) is 3.80. The lowest BCUT2D eigenvalue weighted by atomic mass is 10.0. The SMILES string of the molecule is O=C(Cc1ccc(C#Cc2ccc(NC(=O)C3CC3)nc2)cc1)Nc1ccc(CN2CCNCC2)c(C(F)(F)F)c1. The number of piperazine rings is 1. The fourth-order valence-electron chi connectivity index (χ4n) is 4.52. The van der Waals surface area contributed by atoms with Gasteiger partial charge in [0.25, 0.3) is 0 Å². The molecule has 1 aliphatic heterocycles. The van der Waals surface area contributed by atoms with Crippen molar-refractivity contribution in [3.05, 3.63) is 88.6 Å². The summed E-state index contributed by atoms with van der Waals surface area (Å²) < 4.78 is 41.4. The standard InChI is InChI=1S/C31H30F3N5O2/c32-31(33,34)27-18-26(11-10-25(27)20-39-15-13-35-14-16-39)37-29(40)17-22-4-1-21(2-5-22)3-6-23-7-12-28(36-19-23)38-30(41)24-8-9-24/h1-2,4-5,7,10-12,18-19,24,35H,8-9,13-17,20H2,(H,37,40)(H,36,38,41). The first kappa shape index (κ1) is 28.3. The molecule has 2 aromatic carbocycles. The van der Waals surface area contributed by atoms with Crippen LogP contribution < -0.4 is 16.0 Å². The maximum absolute atomic E-state index is 13.8.